The van der Waals surface area contributed by atoms with E-state index in [0.717, 1.165) is 13.1 Å². The van der Waals surface area contributed by atoms with Crippen LogP contribution in [0.15, 0.2) is 0 Å². The largest absolute Gasteiger partial charge is 0.481 e. The molecule has 1 aliphatic rings. The summed E-state index contributed by atoms with van der Waals surface area (Å²) in [6, 6.07) is 0.401. The zero-order valence-electron chi connectivity index (χ0n) is 12.7. The number of nitrogens with one attached hydrogen (secondary N) is 2. The molecule has 6 heteroatoms. The molecule has 0 bridgehead atoms. The van der Waals surface area contributed by atoms with Crippen LogP contribution in [0, 0.1) is 5.41 Å². The fraction of sp³-hybridized carbons (Fsp3) is 0.857. The summed E-state index contributed by atoms with van der Waals surface area (Å²) in [5.41, 5.74) is -0.902. The number of amides is 2. The Bertz CT molecular complexity index is 345. The summed E-state index contributed by atoms with van der Waals surface area (Å²) in [5.74, 6) is -0.883. The van der Waals surface area contributed by atoms with E-state index in [4.69, 9.17) is 5.11 Å². The molecule has 0 spiro atoms. The monoisotopic (exact) mass is 285 g/mol. The Morgan fingerprint density at radius 3 is 2.40 bits per heavy atom. The highest BCUT2D eigenvalue weighted by molar-refractivity contribution is 5.77. The van der Waals surface area contributed by atoms with Gasteiger partial charge in [-0.2, -0.15) is 0 Å². The molecule has 0 aromatic heterocycles. The molecule has 0 saturated heterocycles. The maximum Gasteiger partial charge on any atom is 0.314 e. The van der Waals surface area contributed by atoms with Crippen molar-refractivity contribution in [2.24, 2.45) is 5.41 Å². The van der Waals surface area contributed by atoms with Crippen molar-refractivity contribution in [3.05, 3.63) is 0 Å². The first-order valence-electron chi connectivity index (χ1n) is 7.42. The van der Waals surface area contributed by atoms with Gasteiger partial charge in [-0.15, -0.1) is 0 Å². The third kappa shape index (κ3) is 5.00. The van der Waals surface area contributed by atoms with Gasteiger partial charge in [0.1, 0.15) is 0 Å². The normalized spacial score (nSPS) is 17.6. The highest BCUT2D eigenvalue weighted by atomic mass is 16.4. The Kier molecular flexibility index (Phi) is 6.26. The SMILES string of the molecule is CCN(CCNC(=O)NCC(C)(CC)C(=O)O)C1CC1. The van der Waals surface area contributed by atoms with Crippen molar-refractivity contribution in [1.29, 1.82) is 0 Å². The molecule has 1 aliphatic carbocycles. The van der Waals surface area contributed by atoms with Crippen molar-refractivity contribution < 1.29 is 14.7 Å². The van der Waals surface area contributed by atoms with Crippen molar-refractivity contribution >= 4 is 12.0 Å². The Hall–Kier alpha value is -1.30. The molecule has 0 aliphatic heterocycles. The van der Waals surface area contributed by atoms with Gasteiger partial charge in [-0.25, -0.2) is 4.79 Å². The molecule has 116 valence electrons. The van der Waals surface area contributed by atoms with Crippen LogP contribution in [0.5, 0.6) is 0 Å². The Morgan fingerprint density at radius 1 is 1.30 bits per heavy atom. The van der Waals surface area contributed by atoms with Gasteiger partial charge in [0.15, 0.2) is 0 Å². The number of aliphatic carboxylic acids is 1. The van der Waals surface area contributed by atoms with Gasteiger partial charge in [0.05, 0.1) is 5.41 Å². The number of nitrogens with zero attached hydrogens (tertiary/aromatic N) is 1. The quantitative estimate of drug-likeness (QED) is 0.596. The molecule has 1 atom stereocenters. The van der Waals surface area contributed by atoms with Gasteiger partial charge in [0.25, 0.3) is 0 Å². The van der Waals surface area contributed by atoms with E-state index in [1.54, 1.807) is 6.92 Å². The lowest BCUT2D eigenvalue weighted by atomic mass is 9.88. The molecule has 0 aromatic carbocycles. The highest BCUT2D eigenvalue weighted by Crippen LogP contribution is 2.25. The molecule has 1 unspecified atom stereocenters. The number of urea groups is 1. The number of carbonyl (C=O) groups excluding carboxylic acids is 1. The lowest BCUT2D eigenvalue weighted by molar-refractivity contribution is -0.147. The number of likely N-dealkylation sites (N-methyl/N-ethyl adjacent to an activating group) is 1. The zero-order chi connectivity index (χ0) is 15.2. The standard InChI is InChI=1S/C14H27N3O3/c1-4-14(3,12(18)19)10-16-13(20)15-8-9-17(5-2)11-6-7-11/h11H,4-10H2,1-3H3,(H,18,19)(H2,15,16,20). The van der Waals surface area contributed by atoms with Crippen LogP contribution in [-0.4, -0.2) is 54.2 Å². The number of carboxylic acid groups (broad SMARTS) is 1. The second-order valence-electron chi connectivity index (χ2n) is 5.69. The van der Waals surface area contributed by atoms with E-state index < -0.39 is 11.4 Å². The minimum absolute atomic E-state index is 0.144. The first kappa shape index (κ1) is 16.8. The summed E-state index contributed by atoms with van der Waals surface area (Å²) in [7, 11) is 0. The Morgan fingerprint density at radius 2 is 1.95 bits per heavy atom. The summed E-state index contributed by atoms with van der Waals surface area (Å²) in [5, 5.41) is 14.5. The van der Waals surface area contributed by atoms with Crippen LogP contribution < -0.4 is 10.6 Å². The minimum atomic E-state index is -0.902. The van der Waals surface area contributed by atoms with Gasteiger partial charge >= 0.3 is 12.0 Å². The number of hydrogen-bond donors (Lipinski definition) is 3. The summed E-state index contributed by atoms with van der Waals surface area (Å²) in [6.07, 6.45) is 2.99. The second-order valence-corrected chi connectivity index (χ2v) is 5.69. The molecule has 6 nitrogen and oxygen atoms in total. The lowest BCUT2D eigenvalue weighted by Crippen LogP contribution is -2.46. The van der Waals surface area contributed by atoms with Gasteiger partial charge in [0.2, 0.25) is 0 Å². The molecule has 3 N–H and O–H groups in total. The van der Waals surface area contributed by atoms with E-state index in [9.17, 15) is 9.59 Å². The smallest absolute Gasteiger partial charge is 0.314 e. The summed E-state index contributed by atoms with van der Waals surface area (Å²) in [4.78, 5) is 25.1. The predicted molar refractivity (Wildman–Crippen MR) is 77.7 cm³/mol. The molecule has 0 radical (unpaired) electrons. The van der Waals surface area contributed by atoms with Crippen LogP contribution >= 0.6 is 0 Å². The van der Waals surface area contributed by atoms with Crippen LogP contribution in [0.3, 0.4) is 0 Å². The average molecular weight is 285 g/mol. The third-order valence-electron chi connectivity index (χ3n) is 4.09. The van der Waals surface area contributed by atoms with Crippen LogP contribution in [-0.2, 0) is 4.79 Å². The molecule has 1 rings (SSSR count). The van der Waals surface area contributed by atoms with E-state index in [0.29, 0.717) is 19.0 Å². The molecule has 20 heavy (non-hydrogen) atoms. The van der Waals surface area contributed by atoms with Gasteiger partial charge in [-0.3, -0.25) is 9.69 Å². The maximum absolute atomic E-state index is 11.6. The molecule has 1 fully saturated rings. The molecule has 2 amide bonds. The molecule has 1 saturated carbocycles. The van der Waals surface area contributed by atoms with Crippen molar-refractivity contribution in [3.63, 3.8) is 0 Å². The van der Waals surface area contributed by atoms with Crippen LogP contribution in [0.2, 0.25) is 0 Å². The van der Waals surface area contributed by atoms with Gasteiger partial charge in [-0.05, 0) is 32.7 Å². The Balaban J connectivity index is 2.21. The number of rotatable bonds is 9. The van der Waals surface area contributed by atoms with E-state index in [-0.39, 0.29) is 12.6 Å². The lowest BCUT2D eigenvalue weighted by Gasteiger charge is -2.24. The zero-order valence-corrected chi connectivity index (χ0v) is 12.7. The number of hydrogen-bond acceptors (Lipinski definition) is 3. The van der Waals surface area contributed by atoms with E-state index in [1.807, 2.05) is 6.92 Å². The third-order valence-corrected chi connectivity index (χ3v) is 4.09. The average Bonchev–Trinajstić information content (AvgIpc) is 3.25. The molecule has 0 aromatic rings. The Labute approximate surface area is 120 Å². The molecular weight excluding hydrogens is 258 g/mol. The van der Waals surface area contributed by atoms with Crippen molar-refractivity contribution in [2.45, 2.75) is 46.1 Å². The van der Waals surface area contributed by atoms with Gasteiger partial charge < -0.3 is 15.7 Å². The summed E-state index contributed by atoms with van der Waals surface area (Å²) in [6.45, 7) is 8.15. The van der Waals surface area contributed by atoms with Crippen LogP contribution in [0.1, 0.15) is 40.0 Å². The van der Waals surface area contributed by atoms with E-state index >= 15 is 0 Å². The van der Waals surface area contributed by atoms with Crippen LogP contribution in [0.25, 0.3) is 0 Å². The number of carbonyl (C=O) groups is 2. The highest BCUT2D eigenvalue weighted by Gasteiger charge is 2.31. The fourth-order valence-corrected chi connectivity index (χ4v) is 2.04. The van der Waals surface area contributed by atoms with Gasteiger partial charge in [-0.1, -0.05) is 13.8 Å². The predicted octanol–water partition coefficient (Wildman–Crippen LogP) is 1.27. The van der Waals surface area contributed by atoms with Crippen molar-refractivity contribution in [3.8, 4) is 0 Å². The van der Waals surface area contributed by atoms with Crippen molar-refractivity contribution in [1.82, 2.24) is 15.5 Å². The van der Waals surface area contributed by atoms with Crippen molar-refractivity contribution in [2.75, 3.05) is 26.2 Å². The summed E-state index contributed by atoms with van der Waals surface area (Å²) >= 11 is 0. The second kappa shape index (κ2) is 7.47. The first-order valence-corrected chi connectivity index (χ1v) is 7.42. The van der Waals surface area contributed by atoms with E-state index in [2.05, 4.69) is 22.5 Å². The maximum atomic E-state index is 11.6. The van der Waals surface area contributed by atoms with Crippen LogP contribution in [0.4, 0.5) is 4.79 Å². The topological polar surface area (TPSA) is 81.7 Å². The molecule has 0 heterocycles. The fourth-order valence-electron chi connectivity index (χ4n) is 2.04. The van der Waals surface area contributed by atoms with E-state index in [1.165, 1.54) is 12.8 Å². The molecular formula is C14H27N3O3. The minimum Gasteiger partial charge on any atom is -0.481 e. The van der Waals surface area contributed by atoms with Gasteiger partial charge in [0, 0.05) is 25.7 Å². The first-order chi connectivity index (χ1) is 9.42. The number of carboxylic acids is 1. The summed E-state index contributed by atoms with van der Waals surface area (Å²) < 4.78 is 0.